The number of para-hydroxylation sites is 1. The summed E-state index contributed by atoms with van der Waals surface area (Å²) < 4.78 is 5.27. The Hall–Kier alpha value is -1.81. The fourth-order valence-corrected chi connectivity index (χ4v) is 2.60. The van der Waals surface area contributed by atoms with Crippen LogP contribution in [-0.4, -0.2) is 37.0 Å². The fraction of sp³-hybridized carbons (Fsp3) is 0.438. The van der Waals surface area contributed by atoms with Crippen LogP contribution >= 0.6 is 0 Å². The van der Waals surface area contributed by atoms with Crippen molar-refractivity contribution in [3.63, 3.8) is 0 Å². The Morgan fingerprint density at radius 2 is 2.25 bits per heavy atom. The maximum atomic E-state index is 12.3. The van der Waals surface area contributed by atoms with Gasteiger partial charge in [0.25, 0.3) is 0 Å². The van der Waals surface area contributed by atoms with E-state index < -0.39 is 0 Å². The topological polar surface area (TPSA) is 55.6 Å². The molecule has 0 radical (unpaired) electrons. The van der Waals surface area contributed by atoms with E-state index in [0.29, 0.717) is 6.54 Å². The monoisotopic (exact) mass is 274 g/mol. The van der Waals surface area contributed by atoms with Crippen molar-refractivity contribution in [3.05, 3.63) is 35.9 Å². The lowest BCUT2D eigenvalue weighted by Crippen LogP contribution is -2.46. The number of carbonyl (C=O) groups is 1. The lowest BCUT2D eigenvalue weighted by Gasteiger charge is -2.34. The third-order valence-electron chi connectivity index (χ3n) is 3.73. The quantitative estimate of drug-likeness (QED) is 0.855. The summed E-state index contributed by atoms with van der Waals surface area (Å²) >= 11 is 0. The Kier molecular flexibility index (Phi) is 5.18. The fourth-order valence-electron chi connectivity index (χ4n) is 2.60. The number of piperidine rings is 1. The van der Waals surface area contributed by atoms with Crippen LogP contribution < -0.4 is 10.5 Å². The molecule has 1 amide bonds. The van der Waals surface area contributed by atoms with Crippen LogP contribution in [0.2, 0.25) is 0 Å². The Labute approximate surface area is 120 Å². The van der Waals surface area contributed by atoms with Crippen molar-refractivity contribution in [2.24, 2.45) is 5.73 Å². The van der Waals surface area contributed by atoms with Gasteiger partial charge in [0.15, 0.2) is 0 Å². The minimum absolute atomic E-state index is 0.0334. The van der Waals surface area contributed by atoms with Crippen molar-refractivity contribution in [2.45, 2.75) is 25.3 Å². The zero-order valence-electron chi connectivity index (χ0n) is 11.9. The maximum Gasteiger partial charge on any atom is 0.246 e. The molecule has 1 aromatic rings. The highest BCUT2D eigenvalue weighted by Crippen LogP contribution is 2.20. The van der Waals surface area contributed by atoms with Crippen LogP contribution in [-0.2, 0) is 4.79 Å². The van der Waals surface area contributed by atoms with Gasteiger partial charge < -0.3 is 15.4 Å². The first-order valence-electron chi connectivity index (χ1n) is 7.08. The summed E-state index contributed by atoms with van der Waals surface area (Å²) in [6.45, 7) is 1.34. The Morgan fingerprint density at radius 3 is 3.00 bits per heavy atom. The van der Waals surface area contributed by atoms with Crippen molar-refractivity contribution in [3.8, 4) is 5.75 Å². The van der Waals surface area contributed by atoms with Gasteiger partial charge in [-0.25, -0.2) is 0 Å². The van der Waals surface area contributed by atoms with E-state index in [0.717, 1.165) is 37.1 Å². The molecule has 1 aromatic carbocycles. The lowest BCUT2D eigenvalue weighted by atomic mass is 10.0. The molecule has 20 heavy (non-hydrogen) atoms. The molecular formula is C16H22N2O2. The summed E-state index contributed by atoms with van der Waals surface area (Å²) in [5.74, 6) is 0.802. The second-order valence-corrected chi connectivity index (χ2v) is 4.99. The van der Waals surface area contributed by atoms with Crippen molar-refractivity contribution >= 4 is 12.0 Å². The highest BCUT2D eigenvalue weighted by Gasteiger charge is 2.23. The molecule has 4 nitrogen and oxygen atoms in total. The van der Waals surface area contributed by atoms with Crippen LogP contribution in [0.15, 0.2) is 30.3 Å². The summed E-state index contributed by atoms with van der Waals surface area (Å²) in [5, 5.41) is 0. The van der Waals surface area contributed by atoms with E-state index >= 15 is 0 Å². The van der Waals surface area contributed by atoms with E-state index in [9.17, 15) is 4.79 Å². The molecule has 0 saturated carbocycles. The van der Waals surface area contributed by atoms with E-state index in [1.807, 2.05) is 35.2 Å². The zero-order chi connectivity index (χ0) is 14.4. The number of benzene rings is 1. The number of amides is 1. The molecular weight excluding hydrogens is 252 g/mol. The number of methoxy groups -OCH3 is 1. The average Bonchev–Trinajstić information content (AvgIpc) is 2.52. The molecule has 1 heterocycles. The molecule has 1 aliphatic heterocycles. The summed E-state index contributed by atoms with van der Waals surface area (Å²) in [6, 6.07) is 7.83. The first kappa shape index (κ1) is 14.6. The molecule has 0 aliphatic carbocycles. The smallest absolute Gasteiger partial charge is 0.246 e. The maximum absolute atomic E-state index is 12.3. The minimum Gasteiger partial charge on any atom is -0.496 e. The summed E-state index contributed by atoms with van der Waals surface area (Å²) in [6.07, 6.45) is 6.65. The van der Waals surface area contributed by atoms with E-state index in [4.69, 9.17) is 10.5 Å². The molecule has 1 fully saturated rings. The average molecular weight is 274 g/mol. The van der Waals surface area contributed by atoms with Gasteiger partial charge in [0.1, 0.15) is 5.75 Å². The number of carbonyl (C=O) groups excluding carboxylic acids is 1. The van der Waals surface area contributed by atoms with Crippen LogP contribution in [0.5, 0.6) is 5.75 Å². The molecule has 0 aromatic heterocycles. The largest absolute Gasteiger partial charge is 0.496 e. The highest BCUT2D eigenvalue weighted by atomic mass is 16.5. The SMILES string of the molecule is COc1ccccc1/C=C/C(=O)N1CCCCC1CN. The van der Waals surface area contributed by atoms with Gasteiger partial charge in [0.2, 0.25) is 5.91 Å². The van der Waals surface area contributed by atoms with Crippen LogP contribution in [0.1, 0.15) is 24.8 Å². The molecule has 0 spiro atoms. The number of hydrogen-bond acceptors (Lipinski definition) is 3. The molecule has 1 unspecified atom stereocenters. The number of nitrogens with zero attached hydrogens (tertiary/aromatic N) is 1. The number of likely N-dealkylation sites (tertiary alicyclic amines) is 1. The Morgan fingerprint density at radius 1 is 1.45 bits per heavy atom. The summed E-state index contributed by atoms with van der Waals surface area (Å²) in [5.41, 5.74) is 6.65. The summed E-state index contributed by atoms with van der Waals surface area (Å²) in [7, 11) is 1.63. The molecule has 2 N–H and O–H groups in total. The first-order chi connectivity index (χ1) is 9.76. The highest BCUT2D eigenvalue weighted by molar-refractivity contribution is 5.92. The van der Waals surface area contributed by atoms with Crippen molar-refractivity contribution in [1.82, 2.24) is 4.90 Å². The van der Waals surface area contributed by atoms with Gasteiger partial charge in [0, 0.05) is 30.8 Å². The molecule has 0 bridgehead atoms. The number of nitrogens with two attached hydrogens (primary N) is 1. The first-order valence-corrected chi connectivity index (χ1v) is 7.08. The Balaban J connectivity index is 2.08. The lowest BCUT2D eigenvalue weighted by molar-refractivity contribution is -0.129. The summed E-state index contributed by atoms with van der Waals surface area (Å²) in [4.78, 5) is 14.2. The van der Waals surface area contributed by atoms with E-state index in [1.165, 1.54) is 0 Å². The predicted molar refractivity (Wildman–Crippen MR) is 80.4 cm³/mol. The Bertz CT molecular complexity index is 485. The van der Waals surface area contributed by atoms with Crippen LogP contribution in [0.3, 0.4) is 0 Å². The van der Waals surface area contributed by atoms with Crippen molar-refractivity contribution in [2.75, 3.05) is 20.2 Å². The predicted octanol–water partition coefficient (Wildman–Crippen LogP) is 2.05. The van der Waals surface area contributed by atoms with E-state index in [-0.39, 0.29) is 11.9 Å². The van der Waals surface area contributed by atoms with Crippen molar-refractivity contribution < 1.29 is 9.53 Å². The van der Waals surface area contributed by atoms with Gasteiger partial charge >= 0.3 is 0 Å². The molecule has 1 atom stereocenters. The van der Waals surface area contributed by atoms with E-state index in [2.05, 4.69) is 0 Å². The van der Waals surface area contributed by atoms with E-state index in [1.54, 1.807) is 13.2 Å². The van der Waals surface area contributed by atoms with Gasteiger partial charge in [-0.05, 0) is 31.4 Å². The molecule has 1 aliphatic rings. The van der Waals surface area contributed by atoms with Crippen LogP contribution in [0, 0.1) is 0 Å². The zero-order valence-corrected chi connectivity index (χ0v) is 11.9. The van der Waals surface area contributed by atoms with Gasteiger partial charge in [-0.15, -0.1) is 0 Å². The van der Waals surface area contributed by atoms with Gasteiger partial charge in [-0.2, -0.15) is 0 Å². The van der Waals surface area contributed by atoms with Crippen LogP contribution in [0.4, 0.5) is 0 Å². The van der Waals surface area contributed by atoms with Gasteiger partial charge in [-0.1, -0.05) is 18.2 Å². The van der Waals surface area contributed by atoms with Crippen LogP contribution in [0.25, 0.3) is 6.08 Å². The number of ether oxygens (including phenoxy) is 1. The molecule has 4 heteroatoms. The van der Waals surface area contributed by atoms with Gasteiger partial charge in [0.05, 0.1) is 7.11 Å². The minimum atomic E-state index is 0.0334. The van der Waals surface area contributed by atoms with Gasteiger partial charge in [-0.3, -0.25) is 4.79 Å². The molecule has 108 valence electrons. The second-order valence-electron chi connectivity index (χ2n) is 4.99. The number of rotatable bonds is 4. The third-order valence-corrected chi connectivity index (χ3v) is 3.73. The third kappa shape index (κ3) is 3.39. The standard InChI is InChI=1S/C16H22N2O2/c1-20-15-8-3-2-6-13(15)9-10-16(19)18-11-5-4-7-14(18)12-17/h2-3,6,8-10,14H,4-5,7,11-12,17H2,1H3/b10-9+. The molecule has 1 saturated heterocycles. The number of hydrogen-bond donors (Lipinski definition) is 1. The normalized spacial score (nSPS) is 19.3. The molecule has 2 rings (SSSR count). The van der Waals surface area contributed by atoms with Crippen molar-refractivity contribution in [1.29, 1.82) is 0 Å². The second kappa shape index (κ2) is 7.10.